The molecular formula is C12H28N2O2S. The lowest BCUT2D eigenvalue weighted by Crippen LogP contribution is -2.57. The Labute approximate surface area is 107 Å². The van der Waals surface area contributed by atoms with Crippen molar-refractivity contribution in [3.05, 3.63) is 0 Å². The van der Waals surface area contributed by atoms with Gasteiger partial charge in [0.2, 0.25) is 0 Å². The highest BCUT2D eigenvalue weighted by Crippen LogP contribution is 2.23. The second-order valence-electron chi connectivity index (χ2n) is 5.13. The molecule has 104 valence electrons. The van der Waals surface area contributed by atoms with E-state index < -0.39 is 9.84 Å². The topological polar surface area (TPSA) is 49.4 Å². The molecule has 0 aromatic heterocycles. The Morgan fingerprint density at radius 2 is 1.82 bits per heavy atom. The van der Waals surface area contributed by atoms with E-state index in [1.807, 2.05) is 14.1 Å². The van der Waals surface area contributed by atoms with Crippen molar-refractivity contribution < 1.29 is 8.42 Å². The summed E-state index contributed by atoms with van der Waals surface area (Å²) in [5, 5.41) is 3.42. The summed E-state index contributed by atoms with van der Waals surface area (Å²) in [6.07, 6.45) is 2.95. The van der Waals surface area contributed by atoms with Gasteiger partial charge < -0.3 is 10.2 Å². The van der Waals surface area contributed by atoms with Gasteiger partial charge in [0, 0.05) is 17.8 Å². The number of sulfone groups is 1. The van der Waals surface area contributed by atoms with Gasteiger partial charge in [-0.25, -0.2) is 8.42 Å². The monoisotopic (exact) mass is 264 g/mol. The predicted octanol–water partition coefficient (Wildman–Crippen LogP) is 1.13. The van der Waals surface area contributed by atoms with Gasteiger partial charge in [0.05, 0.1) is 5.75 Å². The first-order chi connectivity index (χ1) is 7.67. The van der Waals surface area contributed by atoms with E-state index in [1.54, 1.807) is 0 Å². The third-order valence-corrected chi connectivity index (χ3v) is 4.69. The van der Waals surface area contributed by atoms with Crippen LogP contribution in [-0.2, 0) is 9.84 Å². The van der Waals surface area contributed by atoms with Crippen molar-refractivity contribution in [1.29, 1.82) is 0 Å². The van der Waals surface area contributed by atoms with Gasteiger partial charge in [0.1, 0.15) is 9.84 Å². The average Bonchev–Trinajstić information content (AvgIpc) is 2.21. The summed E-state index contributed by atoms with van der Waals surface area (Å²) in [5.41, 5.74) is -0.0132. The molecule has 0 aliphatic heterocycles. The van der Waals surface area contributed by atoms with Gasteiger partial charge in [-0.2, -0.15) is 0 Å². The Kier molecular flexibility index (Phi) is 6.66. The summed E-state index contributed by atoms with van der Waals surface area (Å²) < 4.78 is 22.6. The van der Waals surface area contributed by atoms with E-state index in [9.17, 15) is 8.42 Å². The number of hydrogen-bond acceptors (Lipinski definition) is 4. The van der Waals surface area contributed by atoms with Crippen LogP contribution >= 0.6 is 0 Å². The number of likely N-dealkylation sites (N-methyl/N-ethyl adjacent to an activating group) is 2. The SMILES string of the molecule is CCNC(CCS(C)(=O)=O)C(C)(CC)N(C)C. The molecule has 1 N–H and O–H groups in total. The smallest absolute Gasteiger partial charge is 0.147 e. The summed E-state index contributed by atoms with van der Waals surface area (Å²) in [5.74, 6) is 0.244. The van der Waals surface area contributed by atoms with E-state index in [-0.39, 0.29) is 17.3 Å². The zero-order valence-corrected chi connectivity index (χ0v) is 12.9. The molecule has 0 aliphatic carbocycles. The average molecular weight is 264 g/mol. The lowest BCUT2D eigenvalue weighted by Gasteiger charge is -2.43. The largest absolute Gasteiger partial charge is 0.312 e. The summed E-state index contributed by atoms with van der Waals surface area (Å²) >= 11 is 0. The Hall–Kier alpha value is -0.130. The van der Waals surface area contributed by atoms with Crippen LogP contribution in [0.15, 0.2) is 0 Å². The maximum Gasteiger partial charge on any atom is 0.147 e. The van der Waals surface area contributed by atoms with Crippen LogP contribution in [0.5, 0.6) is 0 Å². The van der Waals surface area contributed by atoms with Gasteiger partial charge in [0.25, 0.3) is 0 Å². The molecule has 0 heterocycles. The van der Waals surface area contributed by atoms with Gasteiger partial charge in [-0.15, -0.1) is 0 Å². The van der Waals surface area contributed by atoms with Crippen LogP contribution in [-0.4, -0.2) is 57.5 Å². The first-order valence-corrected chi connectivity index (χ1v) is 8.32. The van der Waals surface area contributed by atoms with E-state index in [0.29, 0.717) is 6.42 Å². The first kappa shape index (κ1) is 16.9. The minimum Gasteiger partial charge on any atom is -0.312 e. The highest BCUT2D eigenvalue weighted by Gasteiger charge is 2.34. The summed E-state index contributed by atoms with van der Waals surface area (Å²) in [4.78, 5) is 2.18. The van der Waals surface area contributed by atoms with Crippen LogP contribution in [0, 0.1) is 0 Å². The number of hydrogen-bond donors (Lipinski definition) is 1. The molecule has 4 nitrogen and oxygen atoms in total. The fourth-order valence-electron chi connectivity index (χ4n) is 2.09. The lowest BCUT2D eigenvalue weighted by atomic mass is 9.86. The molecule has 0 rings (SSSR count). The van der Waals surface area contributed by atoms with Crippen LogP contribution in [0.4, 0.5) is 0 Å². The van der Waals surface area contributed by atoms with Crippen molar-refractivity contribution in [1.82, 2.24) is 10.2 Å². The Morgan fingerprint density at radius 3 is 2.12 bits per heavy atom. The Balaban J connectivity index is 4.82. The van der Waals surface area contributed by atoms with Crippen LogP contribution in [0.25, 0.3) is 0 Å². The van der Waals surface area contributed by atoms with Gasteiger partial charge in [-0.05, 0) is 40.4 Å². The van der Waals surface area contributed by atoms with Crippen molar-refractivity contribution >= 4 is 9.84 Å². The quantitative estimate of drug-likeness (QED) is 0.714. The second-order valence-corrected chi connectivity index (χ2v) is 7.39. The molecule has 0 fully saturated rings. The van der Waals surface area contributed by atoms with Gasteiger partial charge in [-0.1, -0.05) is 13.8 Å². The van der Waals surface area contributed by atoms with Crippen molar-refractivity contribution in [3.8, 4) is 0 Å². The van der Waals surface area contributed by atoms with E-state index in [4.69, 9.17) is 0 Å². The van der Waals surface area contributed by atoms with Crippen LogP contribution in [0.1, 0.15) is 33.6 Å². The number of rotatable bonds is 8. The Bertz CT molecular complexity index is 314. The maximum atomic E-state index is 11.3. The Morgan fingerprint density at radius 1 is 1.29 bits per heavy atom. The molecule has 0 spiro atoms. The van der Waals surface area contributed by atoms with Crippen molar-refractivity contribution in [2.45, 2.75) is 45.2 Å². The second kappa shape index (κ2) is 6.71. The molecule has 0 aromatic carbocycles. The van der Waals surface area contributed by atoms with E-state index in [0.717, 1.165) is 13.0 Å². The van der Waals surface area contributed by atoms with E-state index in [2.05, 4.69) is 31.0 Å². The molecule has 0 bridgehead atoms. The number of nitrogens with zero attached hydrogens (tertiary/aromatic N) is 1. The van der Waals surface area contributed by atoms with Crippen LogP contribution in [0.3, 0.4) is 0 Å². The minimum absolute atomic E-state index is 0.0132. The molecule has 0 radical (unpaired) electrons. The third kappa shape index (κ3) is 5.36. The molecule has 2 unspecified atom stereocenters. The molecule has 0 aromatic rings. The molecule has 5 heteroatoms. The number of nitrogens with one attached hydrogen (secondary N) is 1. The van der Waals surface area contributed by atoms with Crippen LogP contribution in [0.2, 0.25) is 0 Å². The normalized spacial score (nSPS) is 18.1. The predicted molar refractivity (Wildman–Crippen MR) is 74.2 cm³/mol. The highest BCUT2D eigenvalue weighted by atomic mass is 32.2. The zero-order valence-electron chi connectivity index (χ0n) is 12.1. The first-order valence-electron chi connectivity index (χ1n) is 6.26. The molecule has 2 atom stereocenters. The van der Waals surface area contributed by atoms with Gasteiger partial charge in [0.15, 0.2) is 0 Å². The fourth-order valence-corrected chi connectivity index (χ4v) is 2.75. The zero-order chi connectivity index (χ0) is 13.7. The molecule has 0 aliphatic rings. The molecule has 17 heavy (non-hydrogen) atoms. The van der Waals surface area contributed by atoms with E-state index >= 15 is 0 Å². The van der Waals surface area contributed by atoms with Gasteiger partial charge in [-0.3, -0.25) is 0 Å². The van der Waals surface area contributed by atoms with Crippen molar-refractivity contribution in [2.24, 2.45) is 0 Å². The highest BCUT2D eigenvalue weighted by molar-refractivity contribution is 7.90. The van der Waals surface area contributed by atoms with Crippen molar-refractivity contribution in [3.63, 3.8) is 0 Å². The standard InChI is InChI=1S/C12H28N2O2S/c1-7-12(3,14(4)5)11(13-8-2)9-10-17(6,15)16/h11,13H,7-10H2,1-6H3. The van der Waals surface area contributed by atoms with Crippen LogP contribution < -0.4 is 5.32 Å². The van der Waals surface area contributed by atoms with Gasteiger partial charge >= 0.3 is 0 Å². The summed E-state index contributed by atoms with van der Waals surface area (Å²) in [6, 6.07) is 0.197. The summed E-state index contributed by atoms with van der Waals surface area (Å²) in [7, 11) is 1.21. The third-order valence-electron chi connectivity index (χ3n) is 3.72. The lowest BCUT2D eigenvalue weighted by molar-refractivity contribution is 0.111. The maximum absolute atomic E-state index is 11.3. The molecule has 0 saturated carbocycles. The minimum atomic E-state index is -2.89. The molecular weight excluding hydrogens is 236 g/mol. The molecule has 0 amide bonds. The fraction of sp³-hybridized carbons (Fsp3) is 1.00. The molecule has 0 saturated heterocycles. The summed E-state index contributed by atoms with van der Waals surface area (Å²) in [6.45, 7) is 7.24. The van der Waals surface area contributed by atoms with E-state index in [1.165, 1.54) is 6.26 Å². The van der Waals surface area contributed by atoms with Crippen molar-refractivity contribution in [2.75, 3.05) is 32.6 Å².